The van der Waals surface area contributed by atoms with Crippen molar-refractivity contribution in [2.75, 3.05) is 26.9 Å². The lowest BCUT2D eigenvalue weighted by atomic mass is 10.1. The molecule has 0 saturated heterocycles. The summed E-state index contributed by atoms with van der Waals surface area (Å²) in [5, 5.41) is 0. The molecular formula is C15H25NO3. The standard InChI is InChI=1S/C15H25NO3/c1-11(2)10-18-7-8-19-15-9-13(17-4)5-6-14(15)12(3)16/h5-6,9,11-12H,7-8,10,16H2,1-4H3/t12-/m1/s1. The Morgan fingerprint density at radius 2 is 1.89 bits per heavy atom. The minimum atomic E-state index is -0.0718. The quantitative estimate of drug-likeness (QED) is 0.736. The van der Waals surface area contributed by atoms with Crippen molar-refractivity contribution in [3.63, 3.8) is 0 Å². The lowest BCUT2D eigenvalue weighted by Crippen LogP contribution is -2.13. The molecule has 0 amide bonds. The molecule has 0 spiro atoms. The summed E-state index contributed by atoms with van der Waals surface area (Å²) in [6.07, 6.45) is 0. The van der Waals surface area contributed by atoms with Crippen LogP contribution >= 0.6 is 0 Å². The molecule has 0 heterocycles. The van der Waals surface area contributed by atoms with Crippen LogP contribution in [0.1, 0.15) is 32.4 Å². The van der Waals surface area contributed by atoms with E-state index in [0.717, 1.165) is 23.7 Å². The van der Waals surface area contributed by atoms with Crippen LogP contribution in [0.3, 0.4) is 0 Å². The van der Waals surface area contributed by atoms with Gasteiger partial charge in [-0.25, -0.2) is 0 Å². The van der Waals surface area contributed by atoms with Gasteiger partial charge in [-0.1, -0.05) is 19.9 Å². The molecule has 0 radical (unpaired) electrons. The Bertz CT molecular complexity index is 378. The van der Waals surface area contributed by atoms with Gasteiger partial charge in [0.2, 0.25) is 0 Å². The molecule has 0 aliphatic heterocycles. The highest BCUT2D eigenvalue weighted by atomic mass is 16.5. The maximum absolute atomic E-state index is 5.92. The van der Waals surface area contributed by atoms with Crippen molar-refractivity contribution in [3.05, 3.63) is 23.8 Å². The second-order valence-corrected chi connectivity index (χ2v) is 5.01. The van der Waals surface area contributed by atoms with E-state index in [1.165, 1.54) is 0 Å². The molecule has 4 heteroatoms. The van der Waals surface area contributed by atoms with Gasteiger partial charge in [0, 0.05) is 24.3 Å². The first-order chi connectivity index (χ1) is 9.04. The Hall–Kier alpha value is -1.26. The van der Waals surface area contributed by atoms with Crippen LogP contribution in [0.25, 0.3) is 0 Å². The van der Waals surface area contributed by atoms with E-state index in [1.807, 2.05) is 25.1 Å². The molecule has 1 atom stereocenters. The van der Waals surface area contributed by atoms with Crippen LogP contribution in [0.15, 0.2) is 18.2 Å². The number of rotatable bonds is 8. The third-order valence-corrected chi connectivity index (χ3v) is 2.65. The molecule has 0 aliphatic rings. The smallest absolute Gasteiger partial charge is 0.127 e. The Morgan fingerprint density at radius 3 is 2.47 bits per heavy atom. The first-order valence-corrected chi connectivity index (χ1v) is 6.68. The molecule has 2 N–H and O–H groups in total. The van der Waals surface area contributed by atoms with Gasteiger partial charge in [-0.15, -0.1) is 0 Å². The van der Waals surface area contributed by atoms with Crippen LogP contribution in [0.4, 0.5) is 0 Å². The largest absolute Gasteiger partial charge is 0.497 e. The van der Waals surface area contributed by atoms with Crippen molar-refractivity contribution in [3.8, 4) is 11.5 Å². The zero-order valence-electron chi connectivity index (χ0n) is 12.3. The molecule has 4 nitrogen and oxygen atoms in total. The topological polar surface area (TPSA) is 53.7 Å². The van der Waals surface area contributed by atoms with Crippen LogP contribution in [0, 0.1) is 5.92 Å². The van der Waals surface area contributed by atoms with E-state index in [2.05, 4.69) is 13.8 Å². The monoisotopic (exact) mass is 267 g/mol. The number of benzene rings is 1. The second-order valence-electron chi connectivity index (χ2n) is 5.01. The lowest BCUT2D eigenvalue weighted by molar-refractivity contribution is 0.0815. The van der Waals surface area contributed by atoms with E-state index in [4.69, 9.17) is 19.9 Å². The zero-order valence-corrected chi connectivity index (χ0v) is 12.3. The van der Waals surface area contributed by atoms with Gasteiger partial charge in [-0.05, 0) is 18.9 Å². The van der Waals surface area contributed by atoms with Crippen LogP contribution in [0.5, 0.6) is 11.5 Å². The average Bonchev–Trinajstić information content (AvgIpc) is 2.37. The van der Waals surface area contributed by atoms with Crippen molar-refractivity contribution in [1.29, 1.82) is 0 Å². The normalized spacial score (nSPS) is 12.5. The van der Waals surface area contributed by atoms with Crippen molar-refractivity contribution >= 4 is 0 Å². The molecule has 108 valence electrons. The summed E-state index contributed by atoms with van der Waals surface area (Å²) in [5.41, 5.74) is 6.90. The van der Waals surface area contributed by atoms with E-state index in [0.29, 0.717) is 19.1 Å². The Labute approximate surface area is 115 Å². The Morgan fingerprint density at radius 1 is 1.16 bits per heavy atom. The highest BCUT2D eigenvalue weighted by molar-refractivity contribution is 5.42. The minimum Gasteiger partial charge on any atom is -0.497 e. The highest BCUT2D eigenvalue weighted by Crippen LogP contribution is 2.28. The van der Waals surface area contributed by atoms with E-state index < -0.39 is 0 Å². The molecule has 19 heavy (non-hydrogen) atoms. The Balaban J connectivity index is 2.55. The van der Waals surface area contributed by atoms with E-state index >= 15 is 0 Å². The average molecular weight is 267 g/mol. The summed E-state index contributed by atoms with van der Waals surface area (Å²) in [4.78, 5) is 0. The van der Waals surface area contributed by atoms with Crippen LogP contribution < -0.4 is 15.2 Å². The van der Waals surface area contributed by atoms with Gasteiger partial charge in [-0.3, -0.25) is 0 Å². The first-order valence-electron chi connectivity index (χ1n) is 6.68. The van der Waals surface area contributed by atoms with Gasteiger partial charge in [0.25, 0.3) is 0 Å². The van der Waals surface area contributed by atoms with Crippen molar-refractivity contribution in [2.24, 2.45) is 11.7 Å². The summed E-state index contributed by atoms with van der Waals surface area (Å²) >= 11 is 0. The fourth-order valence-electron chi connectivity index (χ4n) is 1.67. The number of hydrogen-bond acceptors (Lipinski definition) is 4. The lowest BCUT2D eigenvalue weighted by Gasteiger charge is -2.15. The first kappa shape index (κ1) is 15.8. The summed E-state index contributed by atoms with van der Waals surface area (Å²) in [5.74, 6) is 2.07. The van der Waals surface area contributed by atoms with Crippen LogP contribution in [-0.4, -0.2) is 26.9 Å². The van der Waals surface area contributed by atoms with Gasteiger partial charge in [0.1, 0.15) is 18.1 Å². The molecule has 0 aromatic heterocycles. The molecule has 1 aromatic rings. The SMILES string of the molecule is COc1ccc([C@@H](C)N)c(OCCOCC(C)C)c1. The third-order valence-electron chi connectivity index (χ3n) is 2.65. The van der Waals surface area contributed by atoms with Gasteiger partial charge in [0.05, 0.1) is 13.7 Å². The molecule has 0 saturated carbocycles. The molecule has 1 aromatic carbocycles. The van der Waals surface area contributed by atoms with Gasteiger partial charge in [-0.2, -0.15) is 0 Å². The molecular weight excluding hydrogens is 242 g/mol. The van der Waals surface area contributed by atoms with Gasteiger partial charge >= 0.3 is 0 Å². The molecule has 0 bridgehead atoms. The van der Waals surface area contributed by atoms with E-state index in [9.17, 15) is 0 Å². The predicted molar refractivity (Wildman–Crippen MR) is 76.7 cm³/mol. The minimum absolute atomic E-state index is 0.0718. The fourth-order valence-corrected chi connectivity index (χ4v) is 1.67. The van der Waals surface area contributed by atoms with Gasteiger partial charge < -0.3 is 19.9 Å². The van der Waals surface area contributed by atoms with Crippen molar-refractivity contribution < 1.29 is 14.2 Å². The highest BCUT2D eigenvalue weighted by Gasteiger charge is 2.09. The van der Waals surface area contributed by atoms with Crippen molar-refractivity contribution in [1.82, 2.24) is 0 Å². The molecule has 1 rings (SSSR count). The predicted octanol–water partition coefficient (Wildman–Crippen LogP) is 2.77. The van der Waals surface area contributed by atoms with Crippen molar-refractivity contribution in [2.45, 2.75) is 26.8 Å². The fraction of sp³-hybridized carbons (Fsp3) is 0.600. The number of methoxy groups -OCH3 is 1. The second kappa shape index (κ2) is 8.02. The number of hydrogen-bond donors (Lipinski definition) is 1. The van der Waals surface area contributed by atoms with E-state index in [1.54, 1.807) is 7.11 Å². The molecule has 0 aliphatic carbocycles. The summed E-state index contributed by atoms with van der Waals surface area (Å²) in [6.45, 7) is 8.02. The van der Waals surface area contributed by atoms with Crippen LogP contribution in [-0.2, 0) is 4.74 Å². The number of nitrogens with two attached hydrogens (primary N) is 1. The third kappa shape index (κ3) is 5.49. The van der Waals surface area contributed by atoms with Gasteiger partial charge in [0.15, 0.2) is 0 Å². The zero-order chi connectivity index (χ0) is 14.3. The molecule has 0 fully saturated rings. The Kier molecular flexibility index (Phi) is 6.67. The number of ether oxygens (including phenoxy) is 3. The maximum Gasteiger partial charge on any atom is 0.127 e. The van der Waals surface area contributed by atoms with Crippen LogP contribution in [0.2, 0.25) is 0 Å². The summed E-state index contributed by atoms with van der Waals surface area (Å²) < 4.78 is 16.4. The molecule has 0 unspecified atom stereocenters. The van der Waals surface area contributed by atoms with E-state index in [-0.39, 0.29) is 6.04 Å². The summed E-state index contributed by atoms with van der Waals surface area (Å²) in [6, 6.07) is 5.62. The summed E-state index contributed by atoms with van der Waals surface area (Å²) in [7, 11) is 1.64. The maximum atomic E-state index is 5.92.